The van der Waals surface area contributed by atoms with Crippen LogP contribution in [0.1, 0.15) is 38.6 Å². The molecule has 0 N–H and O–H groups in total. The first-order valence-corrected chi connectivity index (χ1v) is 8.31. The first-order valence-electron chi connectivity index (χ1n) is 8.31. The molecule has 136 valence electrons. The van der Waals surface area contributed by atoms with Crippen molar-refractivity contribution >= 4 is 0 Å². The number of ether oxygens (including phenoxy) is 1. The van der Waals surface area contributed by atoms with Gasteiger partial charge in [-0.1, -0.05) is 20.8 Å². The summed E-state index contributed by atoms with van der Waals surface area (Å²) >= 11 is 0. The molecule has 2 rings (SSSR count). The Bertz CT molecular complexity index is 714. The number of halogens is 3. The maximum Gasteiger partial charge on any atom is 0.433 e. The van der Waals surface area contributed by atoms with E-state index in [1.54, 1.807) is 19.1 Å². The molecule has 0 spiro atoms. The molecule has 0 amide bonds. The van der Waals surface area contributed by atoms with Gasteiger partial charge in [0.05, 0.1) is 18.0 Å². The Morgan fingerprint density at radius 2 is 1.84 bits per heavy atom. The third-order valence-corrected chi connectivity index (χ3v) is 3.78. The third kappa shape index (κ3) is 5.44. The summed E-state index contributed by atoms with van der Waals surface area (Å²) < 4.78 is 44.2. The Balaban J connectivity index is 2.14. The van der Waals surface area contributed by atoms with Gasteiger partial charge in [0.1, 0.15) is 11.4 Å². The minimum Gasteiger partial charge on any atom is -0.491 e. The van der Waals surface area contributed by atoms with E-state index in [1.165, 1.54) is 6.07 Å². The van der Waals surface area contributed by atoms with E-state index in [-0.39, 0.29) is 0 Å². The highest BCUT2D eigenvalue weighted by Crippen LogP contribution is 2.30. The lowest BCUT2D eigenvalue weighted by Gasteiger charge is -2.16. The van der Waals surface area contributed by atoms with Crippen LogP contribution in [0.4, 0.5) is 13.2 Å². The minimum absolute atomic E-state index is 0.380. The average molecular weight is 352 g/mol. The second kappa shape index (κ2) is 7.85. The summed E-state index contributed by atoms with van der Waals surface area (Å²) in [6.45, 7) is 8.85. The van der Waals surface area contributed by atoms with Gasteiger partial charge < -0.3 is 4.74 Å². The highest BCUT2D eigenvalue weighted by atomic mass is 19.4. The molecule has 1 unspecified atom stereocenters. The molecule has 0 saturated heterocycles. The predicted octanol–water partition coefficient (Wildman–Crippen LogP) is 5.53. The fraction of sp³-hybridized carbons (Fsp3) is 0.474. The normalized spacial score (nSPS) is 13.1. The zero-order valence-corrected chi connectivity index (χ0v) is 14.9. The molecule has 0 aromatic carbocycles. The lowest BCUT2D eigenvalue weighted by molar-refractivity contribution is -0.141. The average Bonchev–Trinajstić information content (AvgIpc) is 2.52. The summed E-state index contributed by atoms with van der Waals surface area (Å²) in [5, 5.41) is 0. The van der Waals surface area contributed by atoms with Crippen LogP contribution < -0.4 is 4.74 Å². The van der Waals surface area contributed by atoms with E-state index in [0.29, 0.717) is 41.1 Å². The van der Waals surface area contributed by atoms with Crippen molar-refractivity contribution in [2.24, 2.45) is 11.8 Å². The van der Waals surface area contributed by atoms with Gasteiger partial charge in [0, 0.05) is 11.8 Å². The molecule has 25 heavy (non-hydrogen) atoms. The first kappa shape index (κ1) is 19.2. The summed E-state index contributed by atoms with van der Waals surface area (Å²) in [6.07, 6.45) is -2.25. The minimum atomic E-state index is -4.47. The van der Waals surface area contributed by atoms with Gasteiger partial charge in [0.15, 0.2) is 0 Å². The van der Waals surface area contributed by atoms with Crippen LogP contribution in [0.25, 0.3) is 11.3 Å². The van der Waals surface area contributed by atoms with Crippen LogP contribution >= 0.6 is 0 Å². The zero-order chi connectivity index (χ0) is 18.6. The summed E-state index contributed by atoms with van der Waals surface area (Å²) in [5.74, 6) is 1.69. The summed E-state index contributed by atoms with van der Waals surface area (Å²) in [6, 6.07) is 5.95. The fourth-order valence-electron chi connectivity index (χ4n) is 2.71. The topological polar surface area (TPSA) is 35.0 Å². The zero-order valence-electron chi connectivity index (χ0n) is 14.9. The van der Waals surface area contributed by atoms with Crippen molar-refractivity contribution in [3.8, 4) is 17.0 Å². The molecule has 2 heterocycles. The molecule has 0 aliphatic rings. The lowest BCUT2D eigenvalue weighted by Crippen LogP contribution is -2.12. The summed E-state index contributed by atoms with van der Waals surface area (Å²) in [4.78, 5) is 7.76. The van der Waals surface area contributed by atoms with Gasteiger partial charge in [-0.2, -0.15) is 13.2 Å². The van der Waals surface area contributed by atoms with Crippen molar-refractivity contribution in [3.63, 3.8) is 0 Å². The molecule has 1 atom stereocenters. The van der Waals surface area contributed by atoms with Crippen LogP contribution in [-0.2, 0) is 6.18 Å². The number of nitrogens with zero attached hydrogens (tertiary/aromatic N) is 2. The number of hydrogen-bond acceptors (Lipinski definition) is 3. The molecule has 0 fully saturated rings. The monoisotopic (exact) mass is 352 g/mol. The Labute approximate surface area is 146 Å². The molecule has 0 aliphatic carbocycles. The third-order valence-electron chi connectivity index (χ3n) is 3.78. The number of pyridine rings is 2. The van der Waals surface area contributed by atoms with Crippen LogP contribution in [0.15, 0.2) is 30.5 Å². The SMILES string of the molecule is Cc1nc(-c2ccnc(C(F)(F)F)c2)ccc1OCC(C)CC(C)C. The van der Waals surface area contributed by atoms with E-state index in [1.807, 2.05) is 0 Å². The molecule has 0 bridgehead atoms. The number of alkyl halides is 3. The van der Waals surface area contributed by atoms with Crippen molar-refractivity contribution in [1.29, 1.82) is 0 Å². The van der Waals surface area contributed by atoms with Crippen molar-refractivity contribution in [2.45, 2.75) is 40.3 Å². The molecular weight excluding hydrogens is 329 g/mol. The van der Waals surface area contributed by atoms with Crippen LogP contribution in [0.3, 0.4) is 0 Å². The van der Waals surface area contributed by atoms with Crippen LogP contribution in [0, 0.1) is 18.8 Å². The van der Waals surface area contributed by atoms with Crippen molar-refractivity contribution in [1.82, 2.24) is 9.97 Å². The Morgan fingerprint density at radius 3 is 2.44 bits per heavy atom. The van der Waals surface area contributed by atoms with Crippen LogP contribution in [0.5, 0.6) is 5.75 Å². The maximum absolute atomic E-state index is 12.8. The van der Waals surface area contributed by atoms with Gasteiger partial charge >= 0.3 is 6.18 Å². The van der Waals surface area contributed by atoms with Gasteiger partial charge in [0.25, 0.3) is 0 Å². The molecule has 6 heteroatoms. The molecule has 0 radical (unpaired) electrons. The highest BCUT2D eigenvalue weighted by molar-refractivity contribution is 5.60. The lowest BCUT2D eigenvalue weighted by atomic mass is 10.00. The van der Waals surface area contributed by atoms with Gasteiger partial charge in [0.2, 0.25) is 0 Å². The van der Waals surface area contributed by atoms with Crippen molar-refractivity contribution in [3.05, 3.63) is 41.9 Å². The first-order chi connectivity index (χ1) is 11.7. The van der Waals surface area contributed by atoms with Crippen molar-refractivity contribution < 1.29 is 17.9 Å². The summed E-state index contributed by atoms with van der Waals surface area (Å²) in [7, 11) is 0. The number of hydrogen-bond donors (Lipinski definition) is 0. The smallest absolute Gasteiger partial charge is 0.433 e. The van der Waals surface area contributed by atoms with E-state index < -0.39 is 11.9 Å². The molecule has 2 aromatic heterocycles. The predicted molar refractivity (Wildman–Crippen MR) is 91.3 cm³/mol. The standard InChI is InChI=1S/C19H23F3N2O/c1-12(2)9-13(3)11-25-17-6-5-16(24-14(17)4)15-7-8-23-18(10-15)19(20,21)22/h5-8,10,12-13H,9,11H2,1-4H3. The quantitative estimate of drug-likeness (QED) is 0.685. The van der Waals surface area contributed by atoms with E-state index in [0.717, 1.165) is 18.7 Å². The summed E-state index contributed by atoms with van der Waals surface area (Å²) in [5.41, 5.74) is 0.574. The fourth-order valence-corrected chi connectivity index (χ4v) is 2.71. The second-order valence-electron chi connectivity index (χ2n) is 6.75. The van der Waals surface area contributed by atoms with E-state index in [9.17, 15) is 13.2 Å². The number of rotatable bonds is 6. The van der Waals surface area contributed by atoms with Gasteiger partial charge in [-0.15, -0.1) is 0 Å². The molecule has 0 aliphatic heterocycles. The maximum atomic E-state index is 12.8. The Morgan fingerprint density at radius 1 is 1.12 bits per heavy atom. The van der Waals surface area contributed by atoms with E-state index in [4.69, 9.17) is 4.74 Å². The number of aryl methyl sites for hydroxylation is 1. The van der Waals surface area contributed by atoms with E-state index in [2.05, 4.69) is 30.7 Å². The molecular formula is C19H23F3N2O. The Hall–Kier alpha value is -2.11. The Kier molecular flexibility index (Phi) is 6.03. The van der Waals surface area contributed by atoms with Crippen LogP contribution in [0.2, 0.25) is 0 Å². The number of aromatic nitrogens is 2. The molecule has 2 aromatic rings. The molecule has 0 saturated carbocycles. The highest BCUT2D eigenvalue weighted by Gasteiger charge is 2.32. The second-order valence-corrected chi connectivity index (χ2v) is 6.75. The van der Waals surface area contributed by atoms with Crippen molar-refractivity contribution in [2.75, 3.05) is 6.61 Å². The largest absolute Gasteiger partial charge is 0.491 e. The molecule has 3 nitrogen and oxygen atoms in total. The van der Waals surface area contributed by atoms with Crippen LogP contribution in [-0.4, -0.2) is 16.6 Å². The van der Waals surface area contributed by atoms with Gasteiger partial charge in [-0.25, -0.2) is 4.98 Å². The van der Waals surface area contributed by atoms with E-state index >= 15 is 0 Å². The van der Waals surface area contributed by atoms with Gasteiger partial charge in [-0.3, -0.25) is 4.98 Å². The van der Waals surface area contributed by atoms with Gasteiger partial charge in [-0.05, 0) is 49.4 Å².